The number of rotatable bonds is 3. The van der Waals surface area contributed by atoms with Crippen molar-refractivity contribution in [2.24, 2.45) is 0 Å². The fourth-order valence-corrected chi connectivity index (χ4v) is 3.14. The molecule has 0 N–H and O–H groups in total. The maximum absolute atomic E-state index is 13.0. The molecule has 2 heteroatoms. The molecule has 2 aromatic rings. The Morgan fingerprint density at radius 2 is 1.38 bits per heavy atom. The van der Waals surface area contributed by atoms with Crippen LogP contribution in [0.2, 0.25) is 0 Å². The van der Waals surface area contributed by atoms with E-state index in [2.05, 4.69) is 0 Å². The first-order valence-corrected chi connectivity index (χ1v) is 7.80. The lowest BCUT2D eigenvalue weighted by Crippen LogP contribution is -2.41. The topological polar surface area (TPSA) is 20.3 Å². The Kier molecular flexibility index (Phi) is 4.34. The SMILES string of the molecule is O=C(c1ccccc1)N(c1ccccc1)C1CCCCC1. The summed E-state index contributed by atoms with van der Waals surface area (Å²) in [5.41, 5.74) is 1.78. The summed E-state index contributed by atoms with van der Waals surface area (Å²) in [6.45, 7) is 0. The molecule has 0 aromatic heterocycles. The average Bonchev–Trinajstić information content (AvgIpc) is 2.58. The van der Waals surface area contributed by atoms with Crippen LogP contribution in [0.4, 0.5) is 5.69 Å². The molecule has 0 atom stereocenters. The summed E-state index contributed by atoms with van der Waals surface area (Å²) in [7, 11) is 0. The van der Waals surface area contributed by atoms with Crippen LogP contribution in [0, 0.1) is 0 Å². The highest BCUT2D eigenvalue weighted by molar-refractivity contribution is 6.06. The molecule has 2 nitrogen and oxygen atoms in total. The molecule has 108 valence electrons. The largest absolute Gasteiger partial charge is 0.305 e. The number of hydrogen-bond acceptors (Lipinski definition) is 1. The number of para-hydroxylation sites is 1. The number of anilines is 1. The van der Waals surface area contributed by atoms with Crippen molar-refractivity contribution in [2.45, 2.75) is 38.1 Å². The highest BCUT2D eigenvalue weighted by atomic mass is 16.2. The average molecular weight is 279 g/mol. The number of amides is 1. The van der Waals surface area contributed by atoms with Gasteiger partial charge in [-0.2, -0.15) is 0 Å². The minimum absolute atomic E-state index is 0.119. The number of hydrogen-bond donors (Lipinski definition) is 0. The van der Waals surface area contributed by atoms with Gasteiger partial charge in [0.1, 0.15) is 0 Å². The summed E-state index contributed by atoms with van der Waals surface area (Å²) in [4.78, 5) is 15.0. The van der Waals surface area contributed by atoms with E-state index in [1.54, 1.807) is 0 Å². The molecule has 21 heavy (non-hydrogen) atoms. The molecule has 0 saturated heterocycles. The molecule has 0 bridgehead atoms. The van der Waals surface area contributed by atoms with Gasteiger partial charge >= 0.3 is 0 Å². The molecule has 2 aromatic carbocycles. The second kappa shape index (κ2) is 6.57. The standard InChI is InChI=1S/C19H21NO/c21-19(16-10-4-1-5-11-16)20(17-12-6-2-7-13-17)18-14-8-3-9-15-18/h1-2,4-7,10-13,18H,3,8-9,14-15H2. The molecule has 1 aliphatic rings. The smallest absolute Gasteiger partial charge is 0.258 e. The van der Waals surface area contributed by atoms with Crippen LogP contribution in [0.15, 0.2) is 60.7 Å². The van der Waals surface area contributed by atoms with E-state index in [1.165, 1.54) is 19.3 Å². The van der Waals surface area contributed by atoms with Crippen LogP contribution in [0.5, 0.6) is 0 Å². The first-order valence-electron chi connectivity index (χ1n) is 7.80. The molecule has 0 spiro atoms. The number of nitrogens with zero attached hydrogens (tertiary/aromatic N) is 1. The van der Waals surface area contributed by atoms with Crippen molar-refractivity contribution < 1.29 is 4.79 Å². The minimum Gasteiger partial charge on any atom is -0.305 e. The van der Waals surface area contributed by atoms with Crippen molar-refractivity contribution in [3.05, 3.63) is 66.2 Å². The summed E-state index contributed by atoms with van der Waals surface area (Å²) >= 11 is 0. The third kappa shape index (κ3) is 3.15. The number of carbonyl (C=O) groups is 1. The van der Waals surface area contributed by atoms with Crippen LogP contribution in [0.25, 0.3) is 0 Å². The Bertz CT molecular complexity index is 573. The van der Waals surface area contributed by atoms with Gasteiger partial charge in [0.05, 0.1) is 0 Å². The zero-order valence-electron chi connectivity index (χ0n) is 12.2. The van der Waals surface area contributed by atoms with Crippen LogP contribution in [0.3, 0.4) is 0 Å². The Labute approximate surface area is 126 Å². The van der Waals surface area contributed by atoms with E-state index in [-0.39, 0.29) is 5.91 Å². The summed E-state index contributed by atoms with van der Waals surface area (Å²) in [5, 5.41) is 0. The first-order chi connectivity index (χ1) is 10.4. The third-order valence-electron chi connectivity index (χ3n) is 4.21. The van der Waals surface area contributed by atoms with Crippen molar-refractivity contribution in [1.29, 1.82) is 0 Å². The molecule has 0 unspecified atom stereocenters. The number of benzene rings is 2. The van der Waals surface area contributed by atoms with Crippen LogP contribution < -0.4 is 4.90 Å². The van der Waals surface area contributed by atoms with Gasteiger partial charge in [0.2, 0.25) is 0 Å². The number of carbonyl (C=O) groups excluding carboxylic acids is 1. The Morgan fingerprint density at radius 1 is 0.810 bits per heavy atom. The highest BCUT2D eigenvalue weighted by Crippen LogP contribution is 2.28. The van der Waals surface area contributed by atoms with Crippen molar-refractivity contribution >= 4 is 11.6 Å². The lowest BCUT2D eigenvalue weighted by atomic mass is 9.93. The monoisotopic (exact) mass is 279 g/mol. The normalized spacial score (nSPS) is 15.6. The Morgan fingerprint density at radius 3 is 2.00 bits per heavy atom. The van der Waals surface area contributed by atoms with Gasteiger partial charge in [-0.05, 0) is 37.1 Å². The first kappa shape index (κ1) is 13.9. The Balaban J connectivity index is 1.94. The second-order valence-corrected chi connectivity index (χ2v) is 5.67. The van der Waals surface area contributed by atoms with E-state index >= 15 is 0 Å². The van der Waals surface area contributed by atoms with Crippen LogP contribution in [-0.4, -0.2) is 11.9 Å². The van der Waals surface area contributed by atoms with Gasteiger partial charge in [-0.15, -0.1) is 0 Å². The van der Waals surface area contributed by atoms with Gasteiger partial charge in [0.25, 0.3) is 5.91 Å². The minimum atomic E-state index is 0.119. The van der Waals surface area contributed by atoms with Crippen LogP contribution in [0.1, 0.15) is 42.5 Å². The second-order valence-electron chi connectivity index (χ2n) is 5.67. The van der Waals surface area contributed by atoms with E-state index < -0.39 is 0 Å². The lowest BCUT2D eigenvalue weighted by Gasteiger charge is -2.34. The van der Waals surface area contributed by atoms with Gasteiger partial charge in [0, 0.05) is 17.3 Å². The van der Waals surface area contributed by atoms with Crippen molar-refractivity contribution in [2.75, 3.05) is 4.90 Å². The van der Waals surface area contributed by atoms with E-state index in [9.17, 15) is 4.79 Å². The predicted octanol–water partition coefficient (Wildman–Crippen LogP) is 4.67. The predicted molar refractivity (Wildman–Crippen MR) is 86.6 cm³/mol. The summed E-state index contributed by atoms with van der Waals surface area (Å²) < 4.78 is 0. The molecule has 1 saturated carbocycles. The molecular formula is C19H21NO. The molecule has 0 radical (unpaired) electrons. The van der Waals surface area contributed by atoms with E-state index in [1.807, 2.05) is 65.6 Å². The molecule has 1 amide bonds. The van der Waals surface area contributed by atoms with Gasteiger partial charge in [-0.25, -0.2) is 0 Å². The molecule has 0 aliphatic heterocycles. The fourth-order valence-electron chi connectivity index (χ4n) is 3.14. The van der Waals surface area contributed by atoms with Crippen LogP contribution >= 0.6 is 0 Å². The highest BCUT2D eigenvalue weighted by Gasteiger charge is 2.27. The molecule has 1 fully saturated rings. The van der Waals surface area contributed by atoms with E-state index in [0.717, 1.165) is 24.1 Å². The molecule has 0 heterocycles. The zero-order chi connectivity index (χ0) is 14.5. The van der Waals surface area contributed by atoms with Gasteiger partial charge in [0.15, 0.2) is 0 Å². The van der Waals surface area contributed by atoms with Crippen LogP contribution in [-0.2, 0) is 0 Å². The van der Waals surface area contributed by atoms with Gasteiger partial charge in [-0.3, -0.25) is 4.79 Å². The quantitative estimate of drug-likeness (QED) is 0.799. The molecular weight excluding hydrogens is 258 g/mol. The zero-order valence-corrected chi connectivity index (χ0v) is 12.2. The maximum atomic E-state index is 13.0. The van der Waals surface area contributed by atoms with Gasteiger partial charge < -0.3 is 4.90 Å². The van der Waals surface area contributed by atoms with Crippen molar-refractivity contribution in [3.63, 3.8) is 0 Å². The van der Waals surface area contributed by atoms with E-state index in [4.69, 9.17) is 0 Å². The fraction of sp³-hybridized carbons (Fsp3) is 0.316. The van der Waals surface area contributed by atoms with E-state index in [0.29, 0.717) is 6.04 Å². The third-order valence-corrected chi connectivity index (χ3v) is 4.21. The maximum Gasteiger partial charge on any atom is 0.258 e. The summed E-state index contributed by atoms with van der Waals surface area (Å²) in [6.07, 6.45) is 5.94. The van der Waals surface area contributed by atoms with Gasteiger partial charge in [-0.1, -0.05) is 55.7 Å². The molecule has 3 rings (SSSR count). The van der Waals surface area contributed by atoms with Crippen molar-refractivity contribution in [1.82, 2.24) is 0 Å². The lowest BCUT2D eigenvalue weighted by molar-refractivity contribution is 0.0970. The Hall–Kier alpha value is -2.09. The van der Waals surface area contributed by atoms with Crippen molar-refractivity contribution in [3.8, 4) is 0 Å². The summed E-state index contributed by atoms with van der Waals surface area (Å²) in [5.74, 6) is 0.119. The summed E-state index contributed by atoms with van der Waals surface area (Å²) in [6, 6.07) is 20.0. The molecule has 1 aliphatic carbocycles.